The van der Waals surface area contributed by atoms with Crippen LogP contribution in [0.5, 0.6) is 0 Å². The van der Waals surface area contributed by atoms with Crippen molar-refractivity contribution in [1.29, 1.82) is 0 Å². The van der Waals surface area contributed by atoms with Crippen molar-refractivity contribution < 1.29 is 0 Å². The average molecular weight is 108 g/mol. The molecule has 44 valence electrons. The van der Waals surface area contributed by atoms with Crippen LogP contribution in [0.2, 0.25) is 5.31 Å². The Morgan fingerprint density at radius 3 is 2.00 bits per heavy atom. The minimum Gasteiger partial charge on any atom is -0.0582 e. The van der Waals surface area contributed by atoms with Gasteiger partial charge in [-0.1, -0.05) is 37.4 Å². The Labute approximate surface area is 52.1 Å². The molecule has 0 nitrogen and oxygen atoms in total. The van der Waals surface area contributed by atoms with E-state index in [0.717, 1.165) is 11.2 Å². The van der Waals surface area contributed by atoms with Crippen LogP contribution in [-0.4, -0.2) is 7.85 Å². The number of hydrogen-bond acceptors (Lipinski definition) is 0. The number of rotatable bonds is 0. The second-order valence-corrected chi connectivity index (χ2v) is 3.96. The fourth-order valence-corrected chi connectivity index (χ4v) is 2.48. The van der Waals surface area contributed by atoms with Crippen LogP contribution in [-0.2, 0) is 0 Å². The SMILES string of the molecule is BC12CCC(CC1)C2. The summed E-state index contributed by atoms with van der Waals surface area (Å²) in [6.45, 7) is 0. The summed E-state index contributed by atoms with van der Waals surface area (Å²) in [5, 5.41) is 0.810. The van der Waals surface area contributed by atoms with Gasteiger partial charge in [0.15, 0.2) is 0 Å². The maximum absolute atomic E-state index is 2.46. The first-order valence-electron chi connectivity index (χ1n) is 3.79. The van der Waals surface area contributed by atoms with Gasteiger partial charge in [-0.2, -0.15) is 0 Å². The van der Waals surface area contributed by atoms with E-state index in [4.69, 9.17) is 0 Å². The standard InChI is InChI=1S/C7H13B/c8-7-3-1-6(5-7)2-4-7/h6H,1-5,8H2. The second-order valence-electron chi connectivity index (χ2n) is 3.96. The summed E-state index contributed by atoms with van der Waals surface area (Å²) < 4.78 is 0. The van der Waals surface area contributed by atoms with Gasteiger partial charge in [-0.25, -0.2) is 0 Å². The third-order valence-corrected chi connectivity index (χ3v) is 3.09. The van der Waals surface area contributed by atoms with Crippen molar-refractivity contribution in [3.05, 3.63) is 0 Å². The quantitative estimate of drug-likeness (QED) is 0.411. The molecule has 0 aromatic carbocycles. The van der Waals surface area contributed by atoms with Crippen LogP contribution in [0.15, 0.2) is 0 Å². The normalized spacial score (nSPS) is 52.8. The Bertz CT molecular complexity index is 101. The molecule has 0 amide bonds. The van der Waals surface area contributed by atoms with Gasteiger partial charge in [0, 0.05) is 0 Å². The predicted octanol–water partition coefficient (Wildman–Crippen LogP) is 1.37. The van der Waals surface area contributed by atoms with E-state index in [-0.39, 0.29) is 0 Å². The molecule has 0 N–H and O–H groups in total. The molecule has 2 aliphatic rings. The first kappa shape index (κ1) is 4.90. The zero-order chi connectivity index (χ0) is 5.61. The lowest BCUT2D eigenvalue weighted by Crippen LogP contribution is -2.03. The van der Waals surface area contributed by atoms with E-state index in [0.29, 0.717) is 0 Å². The van der Waals surface area contributed by atoms with Crippen molar-refractivity contribution in [2.75, 3.05) is 0 Å². The molecule has 0 aromatic rings. The highest BCUT2D eigenvalue weighted by molar-refractivity contribution is 6.15. The Hall–Kier alpha value is 0.0649. The molecule has 0 unspecified atom stereocenters. The van der Waals surface area contributed by atoms with Crippen molar-refractivity contribution in [1.82, 2.24) is 0 Å². The van der Waals surface area contributed by atoms with Crippen LogP contribution in [0.25, 0.3) is 0 Å². The third-order valence-electron chi connectivity index (χ3n) is 3.09. The van der Waals surface area contributed by atoms with Gasteiger partial charge in [-0.3, -0.25) is 0 Å². The molecule has 0 spiro atoms. The minimum atomic E-state index is 0.810. The van der Waals surface area contributed by atoms with Crippen LogP contribution >= 0.6 is 0 Å². The van der Waals surface area contributed by atoms with Gasteiger partial charge in [-0.05, 0) is 5.92 Å². The van der Waals surface area contributed by atoms with Crippen molar-refractivity contribution in [2.45, 2.75) is 37.4 Å². The number of hydrogen-bond donors (Lipinski definition) is 0. The molecule has 0 atom stereocenters. The highest BCUT2D eigenvalue weighted by Gasteiger charge is 2.40. The Morgan fingerprint density at radius 2 is 1.88 bits per heavy atom. The Balaban J connectivity index is 2.19. The minimum absolute atomic E-state index is 0.810. The van der Waals surface area contributed by atoms with Gasteiger partial charge in [-0.15, -0.1) is 0 Å². The van der Waals surface area contributed by atoms with Crippen molar-refractivity contribution in [2.24, 2.45) is 5.92 Å². The van der Waals surface area contributed by atoms with Gasteiger partial charge in [0.25, 0.3) is 0 Å². The van der Waals surface area contributed by atoms with Crippen LogP contribution < -0.4 is 0 Å². The van der Waals surface area contributed by atoms with E-state index in [1.165, 1.54) is 25.7 Å². The van der Waals surface area contributed by atoms with Crippen LogP contribution in [0.4, 0.5) is 0 Å². The highest BCUT2D eigenvalue weighted by atomic mass is 14.4. The van der Waals surface area contributed by atoms with E-state index < -0.39 is 0 Å². The molecule has 2 fully saturated rings. The molecular weight excluding hydrogens is 94.9 g/mol. The fourth-order valence-electron chi connectivity index (χ4n) is 2.48. The van der Waals surface area contributed by atoms with Crippen molar-refractivity contribution >= 4 is 7.85 Å². The molecule has 2 saturated carbocycles. The van der Waals surface area contributed by atoms with Gasteiger partial charge in [0.1, 0.15) is 7.85 Å². The monoisotopic (exact) mass is 108 g/mol. The topological polar surface area (TPSA) is 0 Å². The second kappa shape index (κ2) is 1.31. The summed E-state index contributed by atoms with van der Waals surface area (Å²) >= 11 is 0. The molecule has 0 saturated heterocycles. The summed E-state index contributed by atoms with van der Waals surface area (Å²) in [6, 6.07) is 0. The number of fused-ring (bicyclic) bond motifs is 2. The lowest BCUT2D eigenvalue weighted by molar-refractivity contribution is 0.491. The highest BCUT2D eigenvalue weighted by Crippen LogP contribution is 2.57. The largest absolute Gasteiger partial charge is 0.109 e. The van der Waals surface area contributed by atoms with E-state index in [2.05, 4.69) is 7.85 Å². The van der Waals surface area contributed by atoms with E-state index >= 15 is 0 Å². The average Bonchev–Trinajstić information content (AvgIpc) is 2.21. The maximum Gasteiger partial charge on any atom is 0.109 e. The van der Waals surface area contributed by atoms with Gasteiger partial charge < -0.3 is 0 Å². The first-order valence-corrected chi connectivity index (χ1v) is 3.79. The smallest absolute Gasteiger partial charge is 0.0582 e. The Kier molecular flexibility index (Phi) is 0.804. The molecule has 2 bridgehead atoms. The fraction of sp³-hybridized carbons (Fsp3) is 1.00. The summed E-state index contributed by atoms with van der Waals surface area (Å²) in [5.74, 6) is 1.14. The van der Waals surface area contributed by atoms with E-state index in [1.54, 1.807) is 6.42 Å². The van der Waals surface area contributed by atoms with Crippen molar-refractivity contribution in [3.8, 4) is 0 Å². The molecule has 0 heterocycles. The molecule has 1 heteroatoms. The Morgan fingerprint density at radius 1 is 1.25 bits per heavy atom. The maximum atomic E-state index is 2.46. The zero-order valence-electron chi connectivity index (χ0n) is 5.61. The third kappa shape index (κ3) is 0.534. The molecule has 2 rings (SSSR count). The predicted molar refractivity (Wildman–Crippen MR) is 37.8 cm³/mol. The summed E-state index contributed by atoms with van der Waals surface area (Å²) in [6.07, 6.45) is 7.68. The molecule has 2 aliphatic carbocycles. The van der Waals surface area contributed by atoms with Gasteiger partial charge >= 0.3 is 0 Å². The van der Waals surface area contributed by atoms with E-state index in [1.807, 2.05) is 0 Å². The molecule has 0 radical (unpaired) electrons. The van der Waals surface area contributed by atoms with Gasteiger partial charge in [0.2, 0.25) is 0 Å². The summed E-state index contributed by atoms with van der Waals surface area (Å²) in [5.41, 5.74) is 0. The van der Waals surface area contributed by atoms with Crippen LogP contribution in [0, 0.1) is 5.92 Å². The van der Waals surface area contributed by atoms with Crippen LogP contribution in [0.1, 0.15) is 32.1 Å². The zero-order valence-corrected chi connectivity index (χ0v) is 5.61. The molecular formula is C7H13B. The molecule has 0 aliphatic heterocycles. The lowest BCUT2D eigenvalue weighted by atomic mass is 9.67. The summed E-state index contributed by atoms with van der Waals surface area (Å²) in [7, 11) is 2.46. The van der Waals surface area contributed by atoms with E-state index in [9.17, 15) is 0 Å². The molecule has 0 aromatic heterocycles. The van der Waals surface area contributed by atoms with Gasteiger partial charge in [0.05, 0.1) is 0 Å². The van der Waals surface area contributed by atoms with Crippen molar-refractivity contribution in [3.63, 3.8) is 0 Å². The van der Waals surface area contributed by atoms with Crippen LogP contribution in [0.3, 0.4) is 0 Å². The molecule has 8 heavy (non-hydrogen) atoms. The first-order chi connectivity index (χ1) is 3.79. The summed E-state index contributed by atoms with van der Waals surface area (Å²) in [4.78, 5) is 0. The lowest BCUT2D eigenvalue weighted by Gasteiger charge is -2.18.